The van der Waals surface area contributed by atoms with Gasteiger partial charge in [-0.05, 0) is 11.6 Å². The Morgan fingerprint density at radius 2 is 1.76 bits per heavy atom. The first-order valence-electron chi connectivity index (χ1n) is 7.46. The maximum atomic E-state index is 12.1. The molecule has 0 atom stereocenters. The van der Waals surface area contributed by atoms with Gasteiger partial charge in [-0.1, -0.05) is 18.2 Å². The number of Topliss-reactive ketones (excluding diaryl/α,β-unsaturated/α-hetero) is 2. The van der Waals surface area contributed by atoms with E-state index in [1.54, 1.807) is 12.1 Å². The number of primary amides is 1. The summed E-state index contributed by atoms with van der Waals surface area (Å²) in [6.07, 6.45) is 0.795. The molecule has 133 valence electrons. The van der Waals surface area contributed by atoms with Crippen molar-refractivity contribution >= 4 is 33.2 Å². The molecule has 3 N–H and O–H groups in total. The van der Waals surface area contributed by atoms with Crippen LogP contribution in [0.25, 0.3) is 0 Å². The molecule has 0 saturated heterocycles. The Hall–Kier alpha value is -2.55. The molecule has 1 aromatic rings. The average molecular weight is 365 g/mol. The molecule has 2 rings (SSSR count). The molecule has 1 aromatic carbocycles. The second-order valence-electron chi connectivity index (χ2n) is 5.74. The number of nitrogens with one attached hydrogen (secondary N) is 1. The minimum Gasteiger partial charge on any atom is -0.366 e. The van der Waals surface area contributed by atoms with Crippen LogP contribution in [0.3, 0.4) is 0 Å². The molecule has 1 fully saturated rings. The molecule has 1 aliphatic rings. The lowest BCUT2D eigenvalue weighted by molar-refractivity contribution is -0.134. The molecule has 25 heavy (non-hydrogen) atoms. The van der Waals surface area contributed by atoms with Gasteiger partial charge in [0.05, 0.1) is 17.9 Å². The highest BCUT2D eigenvalue weighted by atomic mass is 32.2. The lowest BCUT2D eigenvalue weighted by Gasteiger charge is -2.11. The Balaban J connectivity index is 1.91. The standard InChI is InChI=1S/C16H17N2O6S/c17-16(22)12-4-2-1-3-10(12)9-25(23,24)6-5-15(21)18-11-7-13(19)14(20)8-11/h1-5,11H,6-9H2,(H2,17,22)(H,18,21). The zero-order chi connectivity index (χ0) is 18.6. The Kier molecular flexibility index (Phi) is 5.68. The Labute approximate surface area is 144 Å². The second kappa shape index (κ2) is 7.56. The van der Waals surface area contributed by atoms with Crippen LogP contribution >= 0.6 is 0 Å². The van der Waals surface area contributed by atoms with E-state index in [2.05, 4.69) is 5.32 Å². The summed E-state index contributed by atoms with van der Waals surface area (Å²) < 4.78 is 24.3. The van der Waals surface area contributed by atoms with Gasteiger partial charge in [0.1, 0.15) is 0 Å². The van der Waals surface area contributed by atoms with Crippen molar-refractivity contribution in [3.8, 4) is 0 Å². The van der Waals surface area contributed by atoms with Gasteiger partial charge in [-0.15, -0.1) is 0 Å². The van der Waals surface area contributed by atoms with Crippen LogP contribution in [0.5, 0.6) is 0 Å². The van der Waals surface area contributed by atoms with E-state index in [0.29, 0.717) is 0 Å². The first kappa shape index (κ1) is 18.8. The SMILES string of the molecule is NC(=O)c1ccccc1CS(=O)(=O)C[CH]C(=O)NC1CC(=O)C(=O)C1. The van der Waals surface area contributed by atoms with Crippen molar-refractivity contribution in [2.45, 2.75) is 24.6 Å². The van der Waals surface area contributed by atoms with Gasteiger partial charge in [0.25, 0.3) is 0 Å². The number of amides is 2. The molecule has 0 aliphatic heterocycles. The second-order valence-corrected chi connectivity index (χ2v) is 7.85. The van der Waals surface area contributed by atoms with E-state index in [-0.39, 0.29) is 24.0 Å². The fraction of sp³-hybridized carbons (Fsp3) is 0.312. The topological polar surface area (TPSA) is 140 Å². The molecule has 1 saturated carbocycles. The van der Waals surface area contributed by atoms with E-state index in [9.17, 15) is 27.6 Å². The third kappa shape index (κ3) is 5.21. The highest BCUT2D eigenvalue weighted by Gasteiger charge is 2.31. The largest absolute Gasteiger partial charge is 0.366 e. The van der Waals surface area contributed by atoms with Gasteiger partial charge in [0.15, 0.2) is 9.84 Å². The van der Waals surface area contributed by atoms with Gasteiger partial charge in [-0.2, -0.15) is 0 Å². The number of sulfone groups is 1. The first-order chi connectivity index (χ1) is 11.7. The van der Waals surface area contributed by atoms with E-state index in [0.717, 1.165) is 6.42 Å². The highest BCUT2D eigenvalue weighted by molar-refractivity contribution is 7.90. The van der Waals surface area contributed by atoms with E-state index in [1.807, 2.05) is 0 Å². The molecule has 0 heterocycles. The van der Waals surface area contributed by atoms with Crippen LogP contribution in [0.4, 0.5) is 0 Å². The summed E-state index contributed by atoms with van der Waals surface area (Å²) in [5.41, 5.74) is 5.58. The van der Waals surface area contributed by atoms with Crippen LogP contribution in [0.15, 0.2) is 24.3 Å². The van der Waals surface area contributed by atoms with Gasteiger partial charge in [-0.25, -0.2) is 8.42 Å². The highest BCUT2D eigenvalue weighted by Crippen LogP contribution is 2.14. The number of rotatable bonds is 7. The molecule has 9 heteroatoms. The first-order valence-corrected chi connectivity index (χ1v) is 9.28. The Morgan fingerprint density at radius 1 is 1.16 bits per heavy atom. The van der Waals surface area contributed by atoms with Crippen LogP contribution in [0.2, 0.25) is 0 Å². The van der Waals surface area contributed by atoms with Crippen molar-refractivity contribution in [2.24, 2.45) is 5.73 Å². The number of ketones is 2. The zero-order valence-electron chi connectivity index (χ0n) is 13.2. The maximum Gasteiger partial charge on any atom is 0.249 e. The van der Waals surface area contributed by atoms with Crippen LogP contribution in [-0.4, -0.2) is 43.6 Å². The quantitative estimate of drug-likeness (QED) is 0.614. The number of carbonyl (C=O) groups excluding carboxylic acids is 4. The average Bonchev–Trinajstić information content (AvgIpc) is 2.83. The maximum absolute atomic E-state index is 12.1. The van der Waals surface area contributed by atoms with Gasteiger partial charge < -0.3 is 11.1 Å². The summed E-state index contributed by atoms with van der Waals surface area (Å²) >= 11 is 0. The van der Waals surface area contributed by atoms with Crippen LogP contribution in [0, 0.1) is 6.42 Å². The van der Waals surface area contributed by atoms with Crippen molar-refractivity contribution in [1.82, 2.24) is 5.32 Å². The summed E-state index contributed by atoms with van der Waals surface area (Å²) in [5.74, 6) is -3.46. The van der Waals surface area contributed by atoms with Gasteiger partial charge >= 0.3 is 0 Å². The van der Waals surface area contributed by atoms with Gasteiger partial charge in [0.2, 0.25) is 23.4 Å². The van der Waals surface area contributed by atoms with Crippen molar-refractivity contribution in [3.63, 3.8) is 0 Å². The summed E-state index contributed by atoms with van der Waals surface area (Å²) in [6.45, 7) is 0. The summed E-state index contributed by atoms with van der Waals surface area (Å²) in [5, 5.41) is 2.43. The predicted molar refractivity (Wildman–Crippen MR) is 87.9 cm³/mol. The number of hydrogen-bond acceptors (Lipinski definition) is 6. The van der Waals surface area contributed by atoms with E-state index in [1.165, 1.54) is 12.1 Å². The minimum atomic E-state index is -3.70. The molecule has 0 spiro atoms. The van der Waals surface area contributed by atoms with Crippen LogP contribution in [0.1, 0.15) is 28.8 Å². The molecule has 0 unspecified atom stereocenters. The Bertz CT molecular complexity index is 815. The fourth-order valence-electron chi connectivity index (χ4n) is 2.49. The smallest absolute Gasteiger partial charge is 0.249 e. The number of hydrogen-bond donors (Lipinski definition) is 2. The summed E-state index contributed by atoms with van der Waals surface area (Å²) in [7, 11) is -3.70. The van der Waals surface area contributed by atoms with Gasteiger partial charge in [0, 0.05) is 24.4 Å². The Morgan fingerprint density at radius 3 is 2.36 bits per heavy atom. The van der Waals surface area contributed by atoms with Crippen LogP contribution in [-0.2, 0) is 30.0 Å². The molecule has 0 bridgehead atoms. The number of benzene rings is 1. The molecule has 2 amide bonds. The predicted octanol–water partition coefficient (Wildman–Crippen LogP) is -0.679. The van der Waals surface area contributed by atoms with Crippen molar-refractivity contribution < 1.29 is 27.6 Å². The molecule has 1 aliphatic carbocycles. The normalized spacial score (nSPS) is 15.4. The number of carbonyl (C=O) groups is 4. The third-order valence-corrected chi connectivity index (χ3v) is 5.13. The number of nitrogens with two attached hydrogens (primary N) is 1. The minimum absolute atomic E-state index is 0.0723. The zero-order valence-corrected chi connectivity index (χ0v) is 14.0. The van der Waals surface area contributed by atoms with Gasteiger partial charge in [-0.3, -0.25) is 19.2 Å². The summed E-state index contributed by atoms with van der Waals surface area (Å²) in [4.78, 5) is 45.3. The van der Waals surface area contributed by atoms with Crippen molar-refractivity contribution in [1.29, 1.82) is 0 Å². The van der Waals surface area contributed by atoms with Crippen molar-refractivity contribution in [2.75, 3.05) is 5.75 Å². The molecule has 8 nitrogen and oxygen atoms in total. The van der Waals surface area contributed by atoms with E-state index >= 15 is 0 Å². The van der Waals surface area contributed by atoms with E-state index < -0.39 is 50.8 Å². The summed E-state index contributed by atoms with van der Waals surface area (Å²) in [6, 6.07) is 5.47. The molecule has 0 aromatic heterocycles. The molecular formula is C16H17N2O6S. The van der Waals surface area contributed by atoms with Crippen molar-refractivity contribution in [3.05, 3.63) is 41.8 Å². The molecule has 1 radical (unpaired) electrons. The lowest BCUT2D eigenvalue weighted by atomic mass is 10.1. The molecular weight excluding hydrogens is 348 g/mol. The monoisotopic (exact) mass is 365 g/mol. The fourth-order valence-corrected chi connectivity index (χ4v) is 3.74. The lowest BCUT2D eigenvalue weighted by Crippen LogP contribution is -2.34. The third-order valence-electron chi connectivity index (χ3n) is 3.70. The van der Waals surface area contributed by atoms with E-state index in [4.69, 9.17) is 5.73 Å². The van der Waals surface area contributed by atoms with Crippen LogP contribution < -0.4 is 11.1 Å².